The van der Waals surface area contributed by atoms with Crippen molar-refractivity contribution < 1.29 is 14.8 Å². The van der Waals surface area contributed by atoms with Crippen molar-refractivity contribution in [1.82, 2.24) is 20.3 Å². The molecular formula is C20H24IN5O3. The number of likely N-dealkylation sites (N-methyl/N-ethyl adjacent to an activating group) is 1. The molecule has 29 heavy (non-hydrogen) atoms. The number of amides is 3. The van der Waals surface area contributed by atoms with Crippen molar-refractivity contribution in [2.75, 3.05) is 37.6 Å². The second-order valence-electron chi connectivity index (χ2n) is 6.75. The number of nitrogens with zero attached hydrogens (tertiary/aromatic N) is 4. The first-order valence-electron chi connectivity index (χ1n) is 9.46. The number of hydrogen-bond acceptors (Lipinski definition) is 5. The summed E-state index contributed by atoms with van der Waals surface area (Å²) < 4.78 is 0.809. The fourth-order valence-electron chi connectivity index (χ4n) is 3.23. The standard InChI is InChI=1S/C20H24IN5O3/c1-2-24-10-12-25(13-11-24)20(28)26(18-5-3-4-17(21)22-18)14-15-6-8-16(9-7-15)19(27)23-29/h3-9,29H,2,10-14H2,1H3,(H,23,27). The summed E-state index contributed by atoms with van der Waals surface area (Å²) in [6.07, 6.45) is 0. The highest BCUT2D eigenvalue weighted by atomic mass is 127. The van der Waals surface area contributed by atoms with E-state index < -0.39 is 5.91 Å². The van der Waals surface area contributed by atoms with Gasteiger partial charge in [0.2, 0.25) is 0 Å². The number of carbonyl (C=O) groups excluding carboxylic acids is 2. The molecule has 2 heterocycles. The highest BCUT2D eigenvalue weighted by Crippen LogP contribution is 2.19. The van der Waals surface area contributed by atoms with Gasteiger partial charge in [-0.3, -0.25) is 14.9 Å². The van der Waals surface area contributed by atoms with Crippen LogP contribution in [0.4, 0.5) is 10.6 Å². The minimum atomic E-state index is -0.572. The Kier molecular flexibility index (Phi) is 7.40. The molecule has 1 aliphatic heterocycles. The van der Waals surface area contributed by atoms with Crippen LogP contribution in [0.3, 0.4) is 0 Å². The highest BCUT2D eigenvalue weighted by Gasteiger charge is 2.26. The number of hydrogen-bond donors (Lipinski definition) is 2. The Hall–Kier alpha value is -2.24. The Bertz CT molecular complexity index is 853. The molecule has 3 amide bonds. The Labute approximate surface area is 183 Å². The van der Waals surface area contributed by atoms with Gasteiger partial charge in [0, 0.05) is 31.7 Å². The third-order valence-corrected chi connectivity index (χ3v) is 5.56. The van der Waals surface area contributed by atoms with Gasteiger partial charge in [0.25, 0.3) is 5.91 Å². The summed E-state index contributed by atoms with van der Waals surface area (Å²) in [7, 11) is 0. The molecule has 1 aromatic heterocycles. The van der Waals surface area contributed by atoms with E-state index in [2.05, 4.69) is 39.4 Å². The summed E-state index contributed by atoms with van der Waals surface area (Å²) in [5, 5.41) is 8.76. The van der Waals surface area contributed by atoms with Gasteiger partial charge in [0.15, 0.2) is 0 Å². The van der Waals surface area contributed by atoms with Gasteiger partial charge in [-0.25, -0.2) is 15.3 Å². The number of benzene rings is 1. The van der Waals surface area contributed by atoms with Crippen LogP contribution in [0, 0.1) is 3.70 Å². The maximum absolute atomic E-state index is 13.3. The number of nitrogens with one attached hydrogen (secondary N) is 1. The molecule has 1 fully saturated rings. The van der Waals surface area contributed by atoms with Crippen molar-refractivity contribution in [3.05, 3.63) is 57.3 Å². The van der Waals surface area contributed by atoms with Crippen LogP contribution in [0.1, 0.15) is 22.8 Å². The molecule has 0 unspecified atom stereocenters. The number of hydroxylamine groups is 1. The van der Waals surface area contributed by atoms with Gasteiger partial charge in [0.1, 0.15) is 9.52 Å². The molecule has 0 atom stereocenters. The second-order valence-corrected chi connectivity index (χ2v) is 7.85. The monoisotopic (exact) mass is 509 g/mol. The number of rotatable bonds is 5. The molecule has 2 N–H and O–H groups in total. The van der Waals surface area contributed by atoms with Crippen LogP contribution in [0.5, 0.6) is 0 Å². The van der Waals surface area contributed by atoms with Crippen LogP contribution in [0.15, 0.2) is 42.5 Å². The lowest BCUT2D eigenvalue weighted by molar-refractivity contribution is 0.0706. The van der Waals surface area contributed by atoms with E-state index in [-0.39, 0.29) is 6.03 Å². The Balaban J connectivity index is 1.82. The highest BCUT2D eigenvalue weighted by molar-refractivity contribution is 14.1. The third kappa shape index (κ3) is 5.43. The fraction of sp³-hybridized carbons (Fsp3) is 0.350. The smallest absolute Gasteiger partial charge is 0.322 e. The summed E-state index contributed by atoms with van der Waals surface area (Å²) in [6.45, 7) is 6.53. The predicted molar refractivity (Wildman–Crippen MR) is 118 cm³/mol. The van der Waals surface area contributed by atoms with Gasteiger partial charge in [-0.1, -0.05) is 25.1 Å². The van der Waals surface area contributed by atoms with E-state index in [4.69, 9.17) is 5.21 Å². The van der Waals surface area contributed by atoms with E-state index in [9.17, 15) is 9.59 Å². The van der Waals surface area contributed by atoms with Crippen LogP contribution in [0.2, 0.25) is 0 Å². The zero-order valence-electron chi connectivity index (χ0n) is 16.2. The van der Waals surface area contributed by atoms with Gasteiger partial charge in [-0.2, -0.15) is 0 Å². The van der Waals surface area contributed by atoms with Crippen LogP contribution in [-0.4, -0.2) is 64.7 Å². The van der Waals surface area contributed by atoms with Gasteiger partial charge < -0.3 is 9.80 Å². The second kappa shape index (κ2) is 9.99. The van der Waals surface area contributed by atoms with Crippen molar-refractivity contribution in [2.45, 2.75) is 13.5 Å². The number of urea groups is 1. The van der Waals surface area contributed by atoms with Crippen molar-refractivity contribution in [1.29, 1.82) is 0 Å². The van der Waals surface area contributed by atoms with E-state index in [0.29, 0.717) is 31.0 Å². The number of pyridine rings is 1. The minimum absolute atomic E-state index is 0.0765. The van der Waals surface area contributed by atoms with E-state index >= 15 is 0 Å². The van der Waals surface area contributed by atoms with E-state index in [1.807, 2.05) is 23.1 Å². The molecule has 1 aliphatic rings. The van der Waals surface area contributed by atoms with Crippen LogP contribution in [0.25, 0.3) is 0 Å². The lowest BCUT2D eigenvalue weighted by Gasteiger charge is -2.37. The lowest BCUT2D eigenvalue weighted by atomic mass is 10.1. The molecule has 8 nitrogen and oxygen atoms in total. The van der Waals surface area contributed by atoms with Gasteiger partial charge in [-0.15, -0.1) is 0 Å². The zero-order valence-corrected chi connectivity index (χ0v) is 18.4. The molecule has 1 saturated heterocycles. The average molecular weight is 509 g/mol. The van der Waals surface area contributed by atoms with Crippen molar-refractivity contribution >= 4 is 40.3 Å². The van der Waals surface area contributed by atoms with Gasteiger partial charge >= 0.3 is 6.03 Å². The molecule has 0 spiro atoms. The van der Waals surface area contributed by atoms with E-state index in [1.54, 1.807) is 34.6 Å². The molecule has 1 aromatic carbocycles. The summed E-state index contributed by atoms with van der Waals surface area (Å²) in [5.41, 5.74) is 2.82. The largest absolute Gasteiger partial charge is 0.326 e. The van der Waals surface area contributed by atoms with Crippen LogP contribution in [-0.2, 0) is 6.54 Å². The Morgan fingerprint density at radius 3 is 2.41 bits per heavy atom. The number of aromatic nitrogens is 1. The summed E-state index contributed by atoms with van der Waals surface area (Å²) in [6, 6.07) is 12.3. The first-order chi connectivity index (χ1) is 14.0. The predicted octanol–water partition coefficient (Wildman–Crippen LogP) is 2.57. The molecule has 0 radical (unpaired) electrons. The van der Waals surface area contributed by atoms with Gasteiger partial charge in [-0.05, 0) is 59.0 Å². The fourth-order valence-corrected chi connectivity index (χ4v) is 3.68. The Morgan fingerprint density at radius 2 is 1.83 bits per heavy atom. The summed E-state index contributed by atoms with van der Waals surface area (Å²) in [5.74, 6) is 0.0227. The minimum Gasteiger partial charge on any atom is -0.322 e. The first-order valence-corrected chi connectivity index (χ1v) is 10.5. The van der Waals surface area contributed by atoms with Crippen molar-refractivity contribution in [3.63, 3.8) is 0 Å². The van der Waals surface area contributed by atoms with Crippen LogP contribution < -0.4 is 10.4 Å². The van der Waals surface area contributed by atoms with Gasteiger partial charge in [0.05, 0.1) is 6.54 Å². The zero-order chi connectivity index (χ0) is 20.8. The Morgan fingerprint density at radius 1 is 1.14 bits per heavy atom. The number of anilines is 1. The number of carbonyl (C=O) groups is 2. The SMILES string of the molecule is CCN1CCN(C(=O)N(Cc2ccc(C(=O)NO)cc2)c2cccc(I)n2)CC1. The quantitative estimate of drug-likeness (QED) is 0.280. The molecule has 0 saturated carbocycles. The van der Waals surface area contributed by atoms with E-state index in [0.717, 1.165) is 28.9 Å². The summed E-state index contributed by atoms with van der Waals surface area (Å²) >= 11 is 2.13. The molecule has 0 aliphatic carbocycles. The number of piperazine rings is 1. The molecule has 9 heteroatoms. The average Bonchev–Trinajstić information content (AvgIpc) is 2.77. The molecule has 2 aromatic rings. The normalized spacial score (nSPS) is 14.5. The molecular weight excluding hydrogens is 485 g/mol. The third-order valence-electron chi connectivity index (χ3n) is 4.96. The lowest BCUT2D eigenvalue weighted by Crippen LogP contribution is -2.52. The van der Waals surface area contributed by atoms with Crippen molar-refractivity contribution in [3.8, 4) is 0 Å². The molecule has 154 valence electrons. The topological polar surface area (TPSA) is 89.0 Å². The molecule has 0 bridgehead atoms. The molecule has 3 rings (SSSR count). The number of halogens is 1. The van der Waals surface area contributed by atoms with Crippen LogP contribution >= 0.6 is 22.6 Å². The maximum Gasteiger partial charge on any atom is 0.326 e. The summed E-state index contributed by atoms with van der Waals surface area (Å²) in [4.78, 5) is 35.2. The van der Waals surface area contributed by atoms with E-state index in [1.165, 1.54) is 0 Å². The first kappa shape index (κ1) is 21.5. The van der Waals surface area contributed by atoms with Crippen molar-refractivity contribution in [2.24, 2.45) is 0 Å². The maximum atomic E-state index is 13.3.